The number of anilines is 1. The molecule has 8 heteroatoms. The topological polar surface area (TPSA) is 64.9 Å². The predicted molar refractivity (Wildman–Crippen MR) is 98.1 cm³/mol. The van der Waals surface area contributed by atoms with E-state index < -0.39 is 0 Å². The lowest BCUT2D eigenvalue weighted by molar-refractivity contribution is -0.131. The maximum atomic E-state index is 12.1. The van der Waals surface area contributed by atoms with Crippen LogP contribution >= 0.6 is 0 Å². The van der Waals surface area contributed by atoms with Gasteiger partial charge in [-0.3, -0.25) is 19.3 Å². The molecule has 0 saturated carbocycles. The second-order valence-electron chi connectivity index (χ2n) is 7.64. The van der Waals surface area contributed by atoms with Gasteiger partial charge in [0.1, 0.15) is 0 Å². The summed E-state index contributed by atoms with van der Waals surface area (Å²) in [6.45, 7) is 6.08. The van der Waals surface area contributed by atoms with Gasteiger partial charge in [-0.15, -0.1) is 0 Å². The Balaban J connectivity index is 1.25. The summed E-state index contributed by atoms with van der Waals surface area (Å²) < 4.78 is 1.98. The fourth-order valence-electron chi connectivity index (χ4n) is 3.98. The van der Waals surface area contributed by atoms with Crippen LogP contribution in [0.3, 0.4) is 0 Å². The number of nitrogens with zero attached hydrogens (tertiary/aromatic N) is 6. The zero-order valence-electron chi connectivity index (χ0n) is 15.5. The molecule has 1 aromatic heterocycles. The first-order chi connectivity index (χ1) is 12.6. The standard InChI is InChI=1S/C18H28N6O2/c1-20-7-10-23(18(20)26)15-11-19-24(14-15)16-12-21(13-16)8-9-22-6-4-2-3-5-17(22)25/h11,14,16H,2-10,12-13H2,1H3. The molecule has 142 valence electrons. The predicted octanol–water partition coefficient (Wildman–Crippen LogP) is 1.01. The molecule has 3 saturated heterocycles. The minimum atomic E-state index is 0.0434. The van der Waals surface area contributed by atoms with Crippen LogP contribution in [0.4, 0.5) is 10.5 Å². The largest absolute Gasteiger partial charge is 0.341 e. The van der Waals surface area contributed by atoms with Gasteiger partial charge in [0.05, 0.1) is 17.9 Å². The van der Waals surface area contributed by atoms with Gasteiger partial charge in [0.15, 0.2) is 0 Å². The Morgan fingerprint density at radius 1 is 1.08 bits per heavy atom. The number of carbonyl (C=O) groups excluding carboxylic acids is 2. The van der Waals surface area contributed by atoms with E-state index in [1.54, 1.807) is 16.0 Å². The average Bonchev–Trinajstić information content (AvgIpc) is 3.12. The molecule has 0 aliphatic carbocycles. The molecule has 0 aromatic carbocycles. The Bertz CT molecular complexity index is 668. The molecule has 0 atom stereocenters. The average molecular weight is 360 g/mol. The molecule has 3 fully saturated rings. The molecule has 0 bridgehead atoms. The summed E-state index contributed by atoms with van der Waals surface area (Å²) in [4.78, 5) is 32.1. The molecular weight excluding hydrogens is 332 g/mol. The minimum absolute atomic E-state index is 0.0434. The molecule has 3 aliphatic rings. The van der Waals surface area contributed by atoms with Crippen molar-refractivity contribution >= 4 is 17.6 Å². The lowest BCUT2D eigenvalue weighted by atomic mass is 10.1. The SMILES string of the molecule is CN1CCN(c2cnn(C3CN(CCN4CCCCCC4=O)C3)c2)C1=O. The van der Waals surface area contributed by atoms with Gasteiger partial charge < -0.3 is 9.80 Å². The van der Waals surface area contributed by atoms with Crippen LogP contribution in [0.2, 0.25) is 0 Å². The smallest absolute Gasteiger partial charge is 0.324 e. The summed E-state index contributed by atoms with van der Waals surface area (Å²) in [6, 6.07) is 0.404. The number of amides is 3. The molecule has 1 aromatic rings. The van der Waals surface area contributed by atoms with Crippen LogP contribution in [-0.4, -0.2) is 89.3 Å². The van der Waals surface area contributed by atoms with E-state index in [-0.39, 0.29) is 6.03 Å². The van der Waals surface area contributed by atoms with Crippen LogP contribution in [0.25, 0.3) is 0 Å². The van der Waals surface area contributed by atoms with Crippen molar-refractivity contribution in [1.82, 2.24) is 24.5 Å². The molecule has 0 spiro atoms. The summed E-state index contributed by atoms with van der Waals surface area (Å²) >= 11 is 0. The Labute approximate surface area is 154 Å². The lowest BCUT2D eigenvalue weighted by Gasteiger charge is -2.40. The first-order valence-corrected chi connectivity index (χ1v) is 9.69. The molecule has 8 nitrogen and oxygen atoms in total. The number of hydrogen-bond donors (Lipinski definition) is 0. The van der Waals surface area contributed by atoms with E-state index in [1.807, 2.05) is 22.8 Å². The van der Waals surface area contributed by atoms with Crippen molar-refractivity contribution in [2.45, 2.75) is 31.7 Å². The van der Waals surface area contributed by atoms with Gasteiger partial charge in [-0.25, -0.2) is 4.79 Å². The molecule has 0 radical (unpaired) electrons. The van der Waals surface area contributed by atoms with Crippen LogP contribution in [0, 0.1) is 0 Å². The molecule has 0 N–H and O–H groups in total. The minimum Gasteiger partial charge on any atom is -0.341 e. The molecule has 3 amide bonds. The number of likely N-dealkylation sites (tertiary alicyclic amines) is 2. The number of likely N-dealkylation sites (N-methyl/N-ethyl adjacent to an activating group) is 1. The Morgan fingerprint density at radius 2 is 1.92 bits per heavy atom. The summed E-state index contributed by atoms with van der Waals surface area (Å²) in [5.74, 6) is 0.316. The summed E-state index contributed by atoms with van der Waals surface area (Å²) in [5.41, 5.74) is 0.882. The number of urea groups is 1. The van der Waals surface area contributed by atoms with Crippen LogP contribution in [0.5, 0.6) is 0 Å². The van der Waals surface area contributed by atoms with Gasteiger partial charge >= 0.3 is 6.03 Å². The monoisotopic (exact) mass is 360 g/mol. The van der Waals surface area contributed by atoms with E-state index in [2.05, 4.69) is 10.00 Å². The molecule has 4 heterocycles. The second kappa shape index (κ2) is 7.26. The molecule has 4 rings (SSSR count). The number of carbonyl (C=O) groups is 2. The number of aromatic nitrogens is 2. The summed E-state index contributed by atoms with van der Waals surface area (Å²) in [7, 11) is 1.83. The normalized spacial score (nSPS) is 22.9. The third kappa shape index (κ3) is 3.42. The number of hydrogen-bond acceptors (Lipinski definition) is 4. The highest BCUT2D eigenvalue weighted by atomic mass is 16.2. The Morgan fingerprint density at radius 3 is 2.69 bits per heavy atom. The van der Waals surface area contributed by atoms with Crippen molar-refractivity contribution in [2.24, 2.45) is 0 Å². The third-order valence-electron chi connectivity index (χ3n) is 5.79. The number of rotatable bonds is 5. The Kier molecular flexibility index (Phi) is 4.84. The molecule has 26 heavy (non-hydrogen) atoms. The van der Waals surface area contributed by atoms with E-state index in [0.29, 0.717) is 18.4 Å². The highest BCUT2D eigenvalue weighted by Crippen LogP contribution is 2.25. The van der Waals surface area contributed by atoms with E-state index in [4.69, 9.17) is 0 Å². The van der Waals surface area contributed by atoms with Gasteiger partial charge in [-0.1, -0.05) is 6.42 Å². The molecule has 0 unspecified atom stereocenters. The molecule has 3 aliphatic heterocycles. The fourth-order valence-corrected chi connectivity index (χ4v) is 3.98. The van der Waals surface area contributed by atoms with Crippen LogP contribution in [0.1, 0.15) is 31.7 Å². The van der Waals surface area contributed by atoms with Crippen molar-refractivity contribution in [3.05, 3.63) is 12.4 Å². The van der Waals surface area contributed by atoms with E-state index in [0.717, 1.165) is 64.3 Å². The van der Waals surface area contributed by atoms with Crippen molar-refractivity contribution in [3.63, 3.8) is 0 Å². The van der Waals surface area contributed by atoms with E-state index in [9.17, 15) is 9.59 Å². The zero-order chi connectivity index (χ0) is 18.1. The maximum Gasteiger partial charge on any atom is 0.324 e. The third-order valence-corrected chi connectivity index (χ3v) is 5.79. The first-order valence-electron chi connectivity index (χ1n) is 9.69. The Hall–Kier alpha value is -2.09. The highest BCUT2D eigenvalue weighted by molar-refractivity contribution is 5.93. The molecular formula is C18H28N6O2. The first kappa shape index (κ1) is 17.3. The van der Waals surface area contributed by atoms with Crippen LogP contribution in [0.15, 0.2) is 12.4 Å². The second-order valence-corrected chi connectivity index (χ2v) is 7.64. The van der Waals surface area contributed by atoms with Gasteiger partial charge in [-0.2, -0.15) is 5.10 Å². The van der Waals surface area contributed by atoms with E-state index in [1.165, 1.54) is 6.42 Å². The fraction of sp³-hybridized carbons (Fsp3) is 0.722. The van der Waals surface area contributed by atoms with Gasteiger partial charge in [0, 0.05) is 65.5 Å². The summed E-state index contributed by atoms with van der Waals surface area (Å²) in [5, 5.41) is 4.46. The van der Waals surface area contributed by atoms with Crippen molar-refractivity contribution in [1.29, 1.82) is 0 Å². The lowest BCUT2D eigenvalue weighted by Crippen LogP contribution is -2.50. The summed E-state index contributed by atoms with van der Waals surface area (Å²) in [6.07, 6.45) is 7.83. The van der Waals surface area contributed by atoms with Gasteiger partial charge in [-0.05, 0) is 12.8 Å². The van der Waals surface area contributed by atoms with Gasteiger partial charge in [0.2, 0.25) is 5.91 Å². The van der Waals surface area contributed by atoms with Crippen LogP contribution < -0.4 is 4.90 Å². The highest BCUT2D eigenvalue weighted by Gasteiger charge is 2.32. The maximum absolute atomic E-state index is 12.1. The van der Waals surface area contributed by atoms with Crippen molar-refractivity contribution < 1.29 is 9.59 Å². The quantitative estimate of drug-likeness (QED) is 0.786. The van der Waals surface area contributed by atoms with E-state index >= 15 is 0 Å². The van der Waals surface area contributed by atoms with Crippen LogP contribution in [-0.2, 0) is 4.79 Å². The van der Waals surface area contributed by atoms with Crippen molar-refractivity contribution in [3.8, 4) is 0 Å². The zero-order valence-corrected chi connectivity index (χ0v) is 15.5. The van der Waals surface area contributed by atoms with Crippen molar-refractivity contribution in [2.75, 3.05) is 57.8 Å². The van der Waals surface area contributed by atoms with Gasteiger partial charge in [0.25, 0.3) is 0 Å².